The number of carboxylic acids is 1. The van der Waals surface area contributed by atoms with Crippen LogP contribution in [0.5, 0.6) is 5.75 Å². The number of rotatable bonds is 11. The van der Waals surface area contributed by atoms with Crippen LogP contribution in [0, 0.1) is 11.3 Å². The number of carboxylic acid groups (broad SMARTS) is 1. The van der Waals surface area contributed by atoms with E-state index in [0.717, 1.165) is 32.1 Å². The Bertz CT molecular complexity index is 855. The van der Waals surface area contributed by atoms with Crippen LogP contribution in [0.3, 0.4) is 0 Å². The van der Waals surface area contributed by atoms with Gasteiger partial charge in [0.15, 0.2) is 0 Å². The van der Waals surface area contributed by atoms with Gasteiger partial charge in [0, 0.05) is 11.8 Å². The van der Waals surface area contributed by atoms with Gasteiger partial charge in [-0.1, -0.05) is 25.8 Å². The van der Waals surface area contributed by atoms with Crippen molar-refractivity contribution in [1.82, 2.24) is 0 Å². The Morgan fingerprint density at radius 2 is 1.55 bits per heavy atom. The molecule has 7 heteroatoms. The zero-order chi connectivity index (χ0) is 22.9. The smallest absolute Gasteiger partial charge is 0.335 e. The first kappa shape index (κ1) is 25.2. The second-order valence-corrected chi connectivity index (χ2v) is 6.55. The number of nitrogen functional groups attached to an aromatic ring is 1. The molecule has 0 fully saturated rings. The molecular formula is C24H28N2O5. The van der Waals surface area contributed by atoms with Crippen LogP contribution in [0.1, 0.15) is 48.0 Å². The molecule has 0 saturated carbocycles. The summed E-state index contributed by atoms with van der Waals surface area (Å²) in [5.74, 6) is -0.631. The van der Waals surface area contributed by atoms with Gasteiger partial charge in [-0.3, -0.25) is 0 Å². The van der Waals surface area contributed by atoms with E-state index < -0.39 is 5.97 Å². The zero-order valence-electron chi connectivity index (χ0n) is 17.5. The Hall–Kier alpha value is -3.79. The number of hydrogen-bond donors (Lipinski definition) is 2. The fraction of sp³-hybridized carbons (Fsp3) is 0.292. The van der Waals surface area contributed by atoms with Crippen molar-refractivity contribution in [3.8, 4) is 11.8 Å². The third kappa shape index (κ3) is 11.7. The molecule has 0 heterocycles. The number of nitrogens with two attached hydrogens (primary N) is 1. The van der Waals surface area contributed by atoms with Crippen molar-refractivity contribution in [1.29, 1.82) is 5.26 Å². The highest BCUT2D eigenvalue weighted by Gasteiger charge is 2.02. The predicted molar refractivity (Wildman–Crippen MR) is 119 cm³/mol. The number of hydrogen-bond acceptors (Lipinski definition) is 6. The average Bonchev–Trinajstić information content (AvgIpc) is 2.79. The molecule has 0 amide bonds. The summed E-state index contributed by atoms with van der Waals surface area (Å²) >= 11 is 0. The van der Waals surface area contributed by atoms with Gasteiger partial charge < -0.3 is 20.3 Å². The summed E-state index contributed by atoms with van der Waals surface area (Å²) < 4.78 is 10.4. The molecule has 0 spiro atoms. The number of carbonyl (C=O) groups excluding carboxylic acids is 1. The number of aromatic carboxylic acids is 1. The Morgan fingerprint density at radius 1 is 0.968 bits per heavy atom. The van der Waals surface area contributed by atoms with Crippen LogP contribution in [0.25, 0.3) is 0 Å². The molecule has 7 nitrogen and oxygen atoms in total. The molecule has 2 aromatic rings. The Balaban J connectivity index is 0.000000442. The quantitative estimate of drug-likeness (QED) is 0.234. The van der Waals surface area contributed by atoms with E-state index in [4.69, 9.17) is 25.6 Å². The van der Waals surface area contributed by atoms with Gasteiger partial charge in [-0.05, 0) is 61.4 Å². The minimum absolute atomic E-state index is 0.254. The molecule has 0 atom stereocenters. The van der Waals surface area contributed by atoms with Crippen molar-refractivity contribution in [2.24, 2.45) is 0 Å². The molecule has 0 aliphatic heterocycles. The number of nitriles is 1. The first-order chi connectivity index (χ1) is 15.0. The van der Waals surface area contributed by atoms with Gasteiger partial charge in [-0.2, -0.15) is 5.26 Å². The largest absolute Gasteiger partial charge is 0.494 e. The molecule has 0 aliphatic rings. The standard InChI is InChI=1S/C17H22O5.C7H6N2/c1-2-16(18)22-13-7-5-3-4-6-12-21-15-10-8-14(9-11-15)17(19)20;8-5-6-1-3-7(9)4-2-6/h2,8-11H,1,3-7,12-13H2,(H,19,20);1-4H,9H2. The van der Waals surface area contributed by atoms with Gasteiger partial charge in [-0.15, -0.1) is 0 Å². The highest BCUT2D eigenvalue weighted by Crippen LogP contribution is 2.13. The summed E-state index contributed by atoms with van der Waals surface area (Å²) in [6.07, 6.45) is 6.08. The lowest BCUT2D eigenvalue weighted by Crippen LogP contribution is -2.02. The molecule has 2 rings (SSSR count). The van der Waals surface area contributed by atoms with Crippen molar-refractivity contribution in [3.63, 3.8) is 0 Å². The molecule has 0 radical (unpaired) electrons. The first-order valence-corrected chi connectivity index (χ1v) is 9.97. The third-order valence-corrected chi connectivity index (χ3v) is 4.11. The maximum atomic E-state index is 10.8. The van der Waals surface area contributed by atoms with Crippen molar-refractivity contribution in [2.75, 3.05) is 18.9 Å². The molecule has 0 aromatic heterocycles. The van der Waals surface area contributed by atoms with Crippen LogP contribution in [-0.4, -0.2) is 30.3 Å². The zero-order valence-corrected chi connectivity index (χ0v) is 17.5. The summed E-state index contributed by atoms with van der Waals surface area (Å²) in [4.78, 5) is 21.5. The maximum absolute atomic E-state index is 10.8. The van der Waals surface area contributed by atoms with Crippen LogP contribution in [0.4, 0.5) is 5.69 Å². The van der Waals surface area contributed by atoms with Gasteiger partial charge in [0.05, 0.1) is 30.4 Å². The van der Waals surface area contributed by atoms with Gasteiger partial charge in [0.25, 0.3) is 0 Å². The van der Waals surface area contributed by atoms with Crippen LogP contribution in [-0.2, 0) is 9.53 Å². The highest BCUT2D eigenvalue weighted by molar-refractivity contribution is 5.87. The Labute approximate surface area is 182 Å². The van der Waals surface area contributed by atoms with Crippen LogP contribution in [0.15, 0.2) is 61.2 Å². The number of benzene rings is 2. The lowest BCUT2D eigenvalue weighted by molar-refractivity contribution is -0.137. The van der Waals surface area contributed by atoms with Crippen molar-refractivity contribution < 1.29 is 24.2 Å². The third-order valence-electron chi connectivity index (χ3n) is 4.11. The normalized spacial score (nSPS) is 9.52. The van der Waals surface area contributed by atoms with Crippen molar-refractivity contribution >= 4 is 17.6 Å². The molecule has 0 aliphatic carbocycles. The Morgan fingerprint density at radius 3 is 2.10 bits per heavy atom. The molecule has 0 bridgehead atoms. The number of esters is 1. The summed E-state index contributed by atoms with van der Waals surface area (Å²) in [7, 11) is 0. The van der Waals surface area contributed by atoms with Gasteiger partial charge in [0.2, 0.25) is 0 Å². The summed E-state index contributed by atoms with van der Waals surface area (Å²) in [5, 5.41) is 17.1. The average molecular weight is 424 g/mol. The molecule has 2 aromatic carbocycles. The summed E-state index contributed by atoms with van der Waals surface area (Å²) in [5.41, 5.74) is 6.96. The van der Waals surface area contributed by atoms with Gasteiger partial charge >= 0.3 is 11.9 Å². The monoisotopic (exact) mass is 424 g/mol. The predicted octanol–water partition coefficient (Wildman–Crippen LogP) is 4.58. The SMILES string of the molecule is C=CC(=O)OCCCCCCCOc1ccc(C(=O)O)cc1.N#Cc1ccc(N)cc1. The van der Waals surface area contributed by atoms with Gasteiger partial charge in [0.1, 0.15) is 5.75 Å². The minimum Gasteiger partial charge on any atom is -0.494 e. The number of nitrogens with zero attached hydrogens (tertiary/aromatic N) is 1. The van der Waals surface area contributed by atoms with Crippen molar-refractivity contribution in [2.45, 2.75) is 32.1 Å². The van der Waals surface area contributed by atoms with E-state index in [2.05, 4.69) is 6.58 Å². The second-order valence-electron chi connectivity index (χ2n) is 6.55. The fourth-order valence-electron chi connectivity index (χ4n) is 2.41. The Kier molecular flexibility index (Phi) is 12.3. The molecule has 31 heavy (non-hydrogen) atoms. The van der Waals surface area contributed by atoms with E-state index in [1.54, 1.807) is 36.4 Å². The highest BCUT2D eigenvalue weighted by atomic mass is 16.5. The van der Waals surface area contributed by atoms with E-state index in [1.165, 1.54) is 18.2 Å². The van der Waals surface area contributed by atoms with E-state index in [9.17, 15) is 9.59 Å². The first-order valence-electron chi connectivity index (χ1n) is 9.97. The topological polar surface area (TPSA) is 123 Å². The molecule has 164 valence electrons. The molecular weight excluding hydrogens is 396 g/mol. The van der Waals surface area contributed by atoms with Gasteiger partial charge in [-0.25, -0.2) is 9.59 Å². The van der Waals surface area contributed by atoms with Crippen LogP contribution >= 0.6 is 0 Å². The summed E-state index contributed by atoms with van der Waals surface area (Å²) in [6.45, 7) is 4.38. The van der Waals surface area contributed by atoms with E-state index >= 15 is 0 Å². The second kappa shape index (κ2) is 15.1. The minimum atomic E-state index is -0.940. The molecule has 0 unspecified atom stereocenters. The van der Waals surface area contributed by atoms with E-state index in [0.29, 0.717) is 30.2 Å². The summed E-state index contributed by atoms with van der Waals surface area (Å²) in [6, 6.07) is 15.2. The number of unbranched alkanes of at least 4 members (excludes halogenated alkanes) is 4. The van der Waals surface area contributed by atoms with E-state index in [1.807, 2.05) is 6.07 Å². The molecule has 0 saturated heterocycles. The lowest BCUT2D eigenvalue weighted by atomic mass is 10.1. The maximum Gasteiger partial charge on any atom is 0.335 e. The number of anilines is 1. The van der Waals surface area contributed by atoms with Crippen LogP contribution < -0.4 is 10.5 Å². The van der Waals surface area contributed by atoms with Crippen LogP contribution in [0.2, 0.25) is 0 Å². The number of ether oxygens (including phenoxy) is 2. The lowest BCUT2D eigenvalue weighted by Gasteiger charge is -2.06. The fourth-order valence-corrected chi connectivity index (χ4v) is 2.41. The molecule has 3 N–H and O–H groups in total. The van der Waals surface area contributed by atoms with E-state index in [-0.39, 0.29) is 11.5 Å². The van der Waals surface area contributed by atoms with Crippen molar-refractivity contribution in [3.05, 3.63) is 72.3 Å². The number of carbonyl (C=O) groups is 2.